The topological polar surface area (TPSA) is 4.93 Å². The van der Waals surface area contributed by atoms with Crippen molar-refractivity contribution in [1.29, 1.82) is 0 Å². The summed E-state index contributed by atoms with van der Waals surface area (Å²) in [6.07, 6.45) is 11.1. The van der Waals surface area contributed by atoms with Crippen LogP contribution in [-0.4, -0.2) is 4.57 Å². The number of nitrogens with zero attached hydrogens (tertiary/aromatic N) is 1. The molecule has 0 N–H and O–H groups in total. The summed E-state index contributed by atoms with van der Waals surface area (Å²) in [6, 6.07) is 4.35. The third-order valence-corrected chi connectivity index (χ3v) is 4.44. The number of rotatable bonds is 3. The first kappa shape index (κ1) is 13.7. The van der Waals surface area contributed by atoms with Crippen LogP contribution in [0.25, 0.3) is 0 Å². The number of hydrogen-bond acceptors (Lipinski definition) is 0. The molecule has 1 heterocycles. The maximum Gasteiger partial charge on any atom is 0.0450 e. The van der Waals surface area contributed by atoms with Gasteiger partial charge in [-0.15, -0.1) is 0 Å². The lowest BCUT2D eigenvalue weighted by atomic mass is 9.57. The van der Waals surface area contributed by atoms with E-state index in [1.54, 1.807) is 0 Å². The van der Waals surface area contributed by atoms with Gasteiger partial charge in [0, 0.05) is 17.9 Å². The normalized spacial score (nSPS) is 24.9. The Kier molecular flexibility index (Phi) is 3.38. The molecule has 102 valence electrons. The first-order valence-electron chi connectivity index (χ1n) is 7.42. The molecule has 1 nitrogen and oxygen atoms in total. The van der Waals surface area contributed by atoms with E-state index < -0.39 is 0 Å². The summed E-state index contributed by atoms with van der Waals surface area (Å²) in [7, 11) is 0. The van der Waals surface area contributed by atoms with Gasteiger partial charge in [-0.05, 0) is 48.6 Å². The van der Waals surface area contributed by atoms with Crippen molar-refractivity contribution >= 4 is 0 Å². The second-order valence-corrected chi connectivity index (χ2v) is 7.92. The van der Waals surface area contributed by atoms with Gasteiger partial charge in [0.15, 0.2) is 0 Å². The summed E-state index contributed by atoms with van der Waals surface area (Å²) in [5.41, 5.74) is 1.23. The highest BCUT2D eigenvalue weighted by molar-refractivity contribution is 5.05. The van der Waals surface area contributed by atoms with Crippen LogP contribution in [0, 0.1) is 10.8 Å². The zero-order chi connectivity index (χ0) is 13.4. The van der Waals surface area contributed by atoms with Gasteiger partial charge in [0.1, 0.15) is 0 Å². The Hall–Kier alpha value is -0.720. The van der Waals surface area contributed by atoms with Gasteiger partial charge in [-0.3, -0.25) is 0 Å². The summed E-state index contributed by atoms with van der Waals surface area (Å²) in [5, 5.41) is 0. The summed E-state index contributed by atoms with van der Waals surface area (Å²) in [6.45, 7) is 12.1. The molecule has 0 radical (unpaired) electrons. The van der Waals surface area contributed by atoms with Gasteiger partial charge in [0.2, 0.25) is 0 Å². The molecule has 1 heteroatoms. The highest BCUT2D eigenvalue weighted by atomic mass is 15.0. The van der Waals surface area contributed by atoms with Crippen molar-refractivity contribution < 1.29 is 0 Å². The van der Waals surface area contributed by atoms with Crippen molar-refractivity contribution in [3.63, 3.8) is 0 Å². The molecule has 0 aliphatic heterocycles. The van der Waals surface area contributed by atoms with Gasteiger partial charge in [0.25, 0.3) is 0 Å². The molecule has 1 aliphatic carbocycles. The van der Waals surface area contributed by atoms with E-state index in [1.807, 2.05) is 0 Å². The third kappa shape index (κ3) is 2.65. The lowest BCUT2D eigenvalue weighted by molar-refractivity contribution is 0.000149. The molecule has 0 aromatic carbocycles. The molecule has 0 spiro atoms. The molecule has 0 unspecified atom stereocenters. The Balaban J connectivity index is 2.40. The van der Waals surface area contributed by atoms with Gasteiger partial charge in [0.05, 0.1) is 0 Å². The van der Waals surface area contributed by atoms with Crippen molar-refractivity contribution in [2.75, 3.05) is 0 Å². The van der Waals surface area contributed by atoms with Gasteiger partial charge in [-0.25, -0.2) is 0 Å². The highest BCUT2D eigenvalue weighted by Gasteiger charge is 2.47. The van der Waals surface area contributed by atoms with Crippen LogP contribution in [0.5, 0.6) is 0 Å². The molecular weight excluding hydrogens is 218 g/mol. The van der Waals surface area contributed by atoms with E-state index in [1.165, 1.54) is 32.1 Å². The predicted octanol–water partition coefficient (Wildman–Crippen LogP) is 5.22. The van der Waals surface area contributed by atoms with Crippen LogP contribution in [0.15, 0.2) is 24.5 Å². The minimum atomic E-state index is 0.337. The van der Waals surface area contributed by atoms with E-state index in [0.29, 0.717) is 16.4 Å². The maximum absolute atomic E-state index is 2.50. The van der Waals surface area contributed by atoms with E-state index in [9.17, 15) is 0 Å². The van der Waals surface area contributed by atoms with Gasteiger partial charge < -0.3 is 4.57 Å². The van der Waals surface area contributed by atoms with Crippen molar-refractivity contribution in [3.05, 3.63) is 24.5 Å². The van der Waals surface area contributed by atoms with E-state index in [4.69, 9.17) is 0 Å². The molecule has 18 heavy (non-hydrogen) atoms. The largest absolute Gasteiger partial charge is 0.348 e. The fourth-order valence-corrected chi connectivity index (χ4v) is 4.87. The van der Waals surface area contributed by atoms with Gasteiger partial charge in [-0.1, -0.05) is 41.0 Å². The second-order valence-electron chi connectivity index (χ2n) is 7.92. The molecule has 0 saturated heterocycles. The first-order chi connectivity index (χ1) is 8.29. The van der Waals surface area contributed by atoms with Crippen LogP contribution in [0.2, 0.25) is 0 Å². The van der Waals surface area contributed by atoms with E-state index in [2.05, 4.69) is 63.7 Å². The summed E-state index contributed by atoms with van der Waals surface area (Å²) in [4.78, 5) is 0. The maximum atomic E-state index is 2.50. The minimum Gasteiger partial charge on any atom is -0.348 e. The average molecular weight is 247 g/mol. The molecule has 1 aliphatic rings. The quantitative estimate of drug-likeness (QED) is 0.690. The molecule has 2 rings (SSSR count). The Morgan fingerprint density at radius 1 is 0.889 bits per heavy atom. The summed E-state index contributed by atoms with van der Waals surface area (Å²) < 4.78 is 2.50. The van der Waals surface area contributed by atoms with E-state index in [0.717, 1.165) is 0 Å². The predicted molar refractivity (Wildman–Crippen MR) is 78.7 cm³/mol. The molecule has 1 saturated carbocycles. The van der Waals surface area contributed by atoms with Crippen LogP contribution in [0.3, 0.4) is 0 Å². The summed E-state index contributed by atoms with van der Waals surface area (Å²) in [5.74, 6) is 0. The van der Waals surface area contributed by atoms with Crippen molar-refractivity contribution in [3.8, 4) is 0 Å². The van der Waals surface area contributed by atoms with E-state index in [-0.39, 0.29) is 0 Å². The van der Waals surface area contributed by atoms with Gasteiger partial charge >= 0.3 is 0 Å². The Labute approximate surface area is 113 Å². The smallest absolute Gasteiger partial charge is 0.0450 e. The molecule has 0 bridgehead atoms. The molecular formula is C17H29N. The van der Waals surface area contributed by atoms with Crippen molar-refractivity contribution in [1.82, 2.24) is 4.57 Å². The monoisotopic (exact) mass is 247 g/mol. The van der Waals surface area contributed by atoms with Gasteiger partial charge in [-0.2, -0.15) is 0 Å². The second kappa shape index (κ2) is 4.43. The lowest BCUT2D eigenvalue weighted by Gasteiger charge is -2.53. The zero-order valence-electron chi connectivity index (χ0n) is 12.8. The van der Waals surface area contributed by atoms with Crippen molar-refractivity contribution in [2.45, 2.75) is 72.3 Å². The molecule has 0 atom stereocenters. The Bertz CT molecular complexity index is 368. The number of hydrogen-bond donors (Lipinski definition) is 0. The number of aromatic nitrogens is 1. The first-order valence-corrected chi connectivity index (χ1v) is 7.42. The van der Waals surface area contributed by atoms with Crippen LogP contribution in [-0.2, 0) is 5.54 Å². The van der Waals surface area contributed by atoms with Crippen LogP contribution in [0.4, 0.5) is 0 Å². The Morgan fingerprint density at radius 3 is 1.83 bits per heavy atom. The average Bonchev–Trinajstić information content (AvgIpc) is 2.64. The van der Waals surface area contributed by atoms with E-state index >= 15 is 0 Å². The molecule has 1 fully saturated rings. The summed E-state index contributed by atoms with van der Waals surface area (Å²) >= 11 is 0. The standard InChI is InChI=1S/C17H29N/c1-6-9-17(18-10-7-8-11-18)13-15(2,3)12-16(4,5)14-17/h7-8,10-11H,6,9,12-14H2,1-5H3. The zero-order valence-corrected chi connectivity index (χ0v) is 12.8. The lowest BCUT2D eigenvalue weighted by Crippen LogP contribution is -2.47. The fraction of sp³-hybridized carbons (Fsp3) is 0.765. The molecule has 0 amide bonds. The fourth-order valence-electron chi connectivity index (χ4n) is 4.87. The van der Waals surface area contributed by atoms with Crippen molar-refractivity contribution in [2.24, 2.45) is 10.8 Å². The third-order valence-electron chi connectivity index (χ3n) is 4.44. The molecule has 1 aromatic rings. The SMILES string of the molecule is CCCC1(n2cccc2)CC(C)(C)CC(C)(C)C1. The van der Waals surface area contributed by atoms with Crippen LogP contribution < -0.4 is 0 Å². The van der Waals surface area contributed by atoms with Crippen LogP contribution >= 0.6 is 0 Å². The molecule has 1 aromatic heterocycles. The Morgan fingerprint density at radius 2 is 1.39 bits per heavy atom. The highest BCUT2D eigenvalue weighted by Crippen LogP contribution is 2.54. The van der Waals surface area contributed by atoms with Crippen LogP contribution in [0.1, 0.15) is 66.7 Å². The minimum absolute atomic E-state index is 0.337.